The van der Waals surface area contributed by atoms with Crippen LogP contribution < -0.4 is 5.32 Å². The number of amides is 2. The van der Waals surface area contributed by atoms with Crippen molar-refractivity contribution in [3.8, 4) is 11.3 Å². The summed E-state index contributed by atoms with van der Waals surface area (Å²) in [5.41, 5.74) is 3.22. The highest BCUT2D eigenvalue weighted by Crippen LogP contribution is 2.50. The Morgan fingerprint density at radius 2 is 1.82 bits per heavy atom. The molecule has 3 aliphatic rings. The molecule has 3 fully saturated rings. The van der Waals surface area contributed by atoms with Crippen LogP contribution >= 0.6 is 11.3 Å². The second kappa shape index (κ2) is 11.1. The first-order valence-corrected chi connectivity index (χ1v) is 14.8. The molecule has 9 heteroatoms. The summed E-state index contributed by atoms with van der Waals surface area (Å²) in [4.78, 5) is 45.2. The van der Waals surface area contributed by atoms with Crippen molar-refractivity contribution in [1.82, 2.24) is 15.2 Å². The summed E-state index contributed by atoms with van der Waals surface area (Å²) in [7, 11) is 0. The van der Waals surface area contributed by atoms with Crippen molar-refractivity contribution in [3.05, 3.63) is 76.1 Å². The molecule has 8 nitrogen and oxygen atoms in total. The van der Waals surface area contributed by atoms with Crippen molar-refractivity contribution >= 4 is 29.1 Å². The number of ketones is 1. The Bertz CT molecular complexity index is 1390. The number of aromatic nitrogens is 1. The maximum absolute atomic E-state index is 13.7. The molecular weight excluding hydrogens is 526 g/mol. The minimum absolute atomic E-state index is 0.0512. The Balaban J connectivity index is 1.12. The first kappa shape index (κ1) is 26.7. The van der Waals surface area contributed by atoms with Crippen LogP contribution in [-0.2, 0) is 16.1 Å². The molecule has 208 valence electrons. The zero-order valence-electron chi connectivity index (χ0n) is 22.4. The number of Topliss-reactive ketones (excluding diaryl/α,β-unsaturated/α-hetero) is 1. The molecule has 40 heavy (non-hydrogen) atoms. The summed E-state index contributed by atoms with van der Waals surface area (Å²) < 4.78 is 5.49. The Hall–Kier alpha value is -3.56. The molecule has 2 N–H and O–H groups in total. The van der Waals surface area contributed by atoms with Gasteiger partial charge in [0.15, 0.2) is 5.78 Å². The zero-order chi connectivity index (χ0) is 27.8. The van der Waals surface area contributed by atoms with Crippen LogP contribution in [0.1, 0.15) is 59.5 Å². The molecule has 1 saturated heterocycles. The molecule has 5 atom stereocenters. The van der Waals surface area contributed by atoms with Gasteiger partial charge >= 0.3 is 6.09 Å². The molecule has 2 unspecified atom stereocenters. The molecule has 2 heterocycles. The second-order valence-electron chi connectivity index (χ2n) is 11.2. The average Bonchev–Trinajstić information content (AvgIpc) is 3.50. The van der Waals surface area contributed by atoms with E-state index in [-0.39, 0.29) is 42.6 Å². The van der Waals surface area contributed by atoms with Crippen molar-refractivity contribution in [2.45, 2.75) is 63.3 Å². The van der Waals surface area contributed by atoms with Gasteiger partial charge in [-0.2, -0.15) is 0 Å². The van der Waals surface area contributed by atoms with Gasteiger partial charge in [0, 0.05) is 40.9 Å². The van der Waals surface area contributed by atoms with E-state index >= 15 is 0 Å². The molecule has 2 amide bonds. The summed E-state index contributed by atoms with van der Waals surface area (Å²) in [5.74, 6) is -0.287. The molecule has 0 radical (unpaired) electrons. The van der Waals surface area contributed by atoms with E-state index in [9.17, 15) is 19.5 Å². The van der Waals surface area contributed by atoms with Gasteiger partial charge in [-0.3, -0.25) is 14.5 Å². The van der Waals surface area contributed by atoms with Crippen LogP contribution in [0, 0.1) is 11.8 Å². The van der Waals surface area contributed by atoms with Crippen LogP contribution in [0.3, 0.4) is 0 Å². The zero-order valence-corrected chi connectivity index (χ0v) is 23.2. The number of thiazole rings is 1. The number of hydrogen-bond donors (Lipinski definition) is 2. The molecule has 2 aromatic carbocycles. The number of nitrogens with zero attached hydrogens (tertiary/aromatic N) is 2. The summed E-state index contributed by atoms with van der Waals surface area (Å²) >= 11 is 1.53. The van der Waals surface area contributed by atoms with Crippen molar-refractivity contribution in [3.63, 3.8) is 0 Å². The maximum Gasteiger partial charge on any atom is 0.410 e. The second-order valence-corrected chi connectivity index (χ2v) is 12.1. The highest BCUT2D eigenvalue weighted by Gasteiger charge is 2.51. The van der Waals surface area contributed by atoms with Crippen LogP contribution in [0.5, 0.6) is 0 Å². The SMILES string of the molecule is C[C@H]1CC(C(=O)[C@@H]2[C@@H](O)CCN2C(=O)OCc2ccccc2)C1c1nc(-c2ccc(C(=O)NC3CC3)cc2)cs1. The van der Waals surface area contributed by atoms with Gasteiger partial charge in [-0.25, -0.2) is 9.78 Å². The quantitative estimate of drug-likeness (QED) is 0.411. The molecule has 2 aliphatic carbocycles. The van der Waals surface area contributed by atoms with Crippen LogP contribution in [-0.4, -0.2) is 57.5 Å². The number of ether oxygens (including phenoxy) is 1. The van der Waals surface area contributed by atoms with Crippen LogP contribution in [0.4, 0.5) is 4.79 Å². The number of carbonyl (C=O) groups is 3. The number of nitrogens with one attached hydrogen (secondary N) is 1. The normalized spacial score (nSPS) is 25.8. The smallest absolute Gasteiger partial charge is 0.410 e. The number of rotatable bonds is 8. The van der Waals surface area contributed by atoms with E-state index in [1.165, 1.54) is 16.2 Å². The van der Waals surface area contributed by atoms with Gasteiger partial charge in [0.2, 0.25) is 0 Å². The summed E-state index contributed by atoms with van der Waals surface area (Å²) in [6.45, 7) is 2.51. The fraction of sp³-hybridized carbons (Fsp3) is 0.419. The third-order valence-electron chi connectivity index (χ3n) is 8.30. The van der Waals surface area contributed by atoms with Gasteiger partial charge in [0.05, 0.1) is 16.8 Å². The first-order chi connectivity index (χ1) is 19.4. The van der Waals surface area contributed by atoms with Gasteiger partial charge in [-0.1, -0.05) is 49.4 Å². The minimum atomic E-state index is -0.907. The number of aliphatic hydroxyl groups is 1. The Morgan fingerprint density at radius 3 is 2.52 bits per heavy atom. The van der Waals surface area contributed by atoms with Crippen LogP contribution in [0.2, 0.25) is 0 Å². The molecule has 0 spiro atoms. The van der Waals surface area contributed by atoms with E-state index in [1.807, 2.05) is 60.0 Å². The Morgan fingerprint density at radius 1 is 1.07 bits per heavy atom. The standard InChI is InChI=1S/C31H33N3O5S/c1-18-15-23(28(36)27-25(35)13-14-34(27)31(38)39-16-19-5-3-2-4-6-19)26(18)30-33-24(17-40-30)20-7-9-21(10-8-20)29(37)32-22-11-12-22/h2-10,17-18,22-23,25-27,35H,11-16H2,1H3,(H,32,37)/t18-,23?,25-,26?,27-/m0/s1. The van der Waals surface area contributed by atoms with E-state index in [2.05, 4.69) is 12.2 Å². The first-order valence-electron chi connectivity index (χ1n) is 13.9. The van der Waals surface area contributed by atoms with Gasteiger partial charge in [0.1, 0.15) is 12.6 Å². The van der Waals surface area contributed by atoms with Crippen molar-refractivity contribution in [1.29, 1.82) is 0 Å². The number of likely N-dealkylation sites (tertiary alicyclic amines) is 1. The summed E-state index contributed by atoms with van der Waals surface area (Å²) in [5, 5.41) is 16.6. The lowest BCUT2D eigenvalue weighted by atomic mass is 9.63. The third-order valence-corrected chi connectivity index (χ3v) is 9.24. The topological polar surface area (TPSA) is 109 Å². The number of benzene rings is 2. The summed E-state index contributed by atoms with van der Waals surface area (Å²) in [6.07, 6.45) is 1.65. The van der Waals surface area contributed by atoms with Gasteiger partial charge in [0.25, 0.3) is 5.91 Å². The van der Waals surface area contributed by atoms with Crippen molar-refractivity contribution < 1.29 is 24.2 Å². The molecule has 3 aromatic rings. The Kier molecular flexibility index (Phi) is 7.42. The fourth-order valence-corrected chi connectivity index (χ4v) is 6.94. The molecule has 2 saturated carbocycles. The summed E-state index contributed by atoms with van der Waals surface area (Å²) in [6, 6.07) is 16.2. The van der Waals surface area contributed by atoms with Gasteiger partial charge < -0.3 is 15.2 Å². The van der Waals surface area contributed by atoms with E-state index in [0.29, 0.717) is 24.4 Å². The van der Waals surface area contributed by atoms with E-state index < -0.39 is 18.2 Å². The molecule has 6 rings (SSSR count). The lowest BCUT2D eigenvalue weighted by Crippen LogP contribution is -2.52. The minimum Gasteiger partial charge on any atom is -0.445 e. The van der Waals surface area contributed by atoms with Crippen molar-refractivity contribution in [2.75, 3.05) is 6.54 Å². The third kappa shape index (κ3) is 5.40. The monoisotopic (exact) mass is 559 g/mol. The number of aliphatic hydroxyl groups excluding tert-OH is 1. The average molecular weight is 560 g/mol. The van der Waals surface area contributed by atoms with E-state index in [4.69, 9.17) is 9.72 Å². The highest BCUT2D eigenvalue weighted by atomic mass is 32.1. The number of carbonyl (C=O) groups excluding carboxylic acids is 3. The molecule has 1 aliphatic heterocycles. The largest absolute Gasteiger partial charge is 0.445 e. The lowest BCUT2D eigenvalue weighted by molar-refractivity contribution is -0.134. The number of hydrogen-bond acceptors (Lipinski definition) is 7. The van der Waals surface area contributed by atoms with E-state index in [1.54, 1.807) is 0 Å². The Labute approximate surface area is 237 Å². The van der Waals surface area contributed by atoms with Crippen molar-refractivity contribution in [2.24, 2.45) is 11.8 Å². The molecule has 1 aromatic heterocycles. The lowest BCUT2D eigenvalue weighted by Gasteiger charge is -2.43. The van der Waals surface area contributed by atoms with Crippen LogP contribution in [0.15, 0.2) is 60.0 Å². The predicted molar refractivity (Wildman–Crippen MR) is 151 cm³/mol. The van der Waals surface area contributed by atoms with Gasteiger partial charge in [-0.15, -0.1) is 11.3 Å². The fourth-order valence-electron chi connectivity index (χ4n) is 5.81. The highest BCUT2D eigenvalue weighted by molar-refractivity contribution is 7.10. The maximum atomic E-state index is 13.7. The van der Waals surface area contributed by atoms with E-state index in [0.717, 1.165) is 34.7 Å². The van der Waals surface area contributed by atoms with Crippen LogP contribution in [0.25, 0.3) is 11.3 Å². The van der Waals surface area contributed by atoms with Gasteiger partial charge in [-0.05, 0) is 49.3 Å². The predicted octanol–water partition coefficient (Wildman–Crippen LogP) is 4.78. The molecular formula is C31H33N3O5S. The molecule has 0 bridgehead atoms.